The number of ether oxygens (including phenoxy) is 1. The van der Waals surface area contributed by atoms with E-state index < -0.39 is 23.5 Å². The first-order chi connectivity index (χ1) is 15.1. The highest BCUT2D eigenvalue weighted by Crippen LogP contribution is 2.43. The number of hydrogen-bond acceptors (Lipinski definition) is 5. The van der Waals surface area contributed by atoms with Gasteiger partial charge in [0.15, 0.2) is 0 Å². The molecular weight excluding hydrogens is 475 g/mol. The lowest BCUT2D eigenvalue weighted by atomic mass is 9.95. The van der Waals surface area contributed by atoms with E-state index in [1.54, 1.807) is 24.3 Å². The maximum atomic E-state index is 13.1. The average molecular weight is 498 g/mol. The first-order valence-corrected chi connectivity index (χ1v) is 11.0. The highest BCUT2D eigenvalue weighted by atomic mass is 35.5. The predicted octanol–water partition coefficient (Wildman–Crippen LogP) is 5.03. The van der Waals surface area contributed by atoms with E-state index in [9.17, 15) is 14.7 Å². The van der Waals surface area contributed by atoms with Gasteiger partial charge in [-0.15, -0.1) is 0 Å². The fourth-order valence-electron chi connectivity index (χ4n) is 3.75. The maximum Gasteiger partial charge on any atom is 0.295 e. The summed E-state index contributed by atoms with van der Waals surface area (Å²) in [6.45, 7) is 1.06. The monoisotopic (exact) mass is 496 g/mol. The van der Waals surface area contributed by atoms with E-state index in [2.05, 4.69) is 0 Å². The average Bonchev–Trinajstić information content (AvgIpc) is 2.98. The molecule has 1 aliphatic heterocycles. The summed E-state index contributed by atoms with van der Waals surface area (Å²) < 4.78 is 5.33. The van der Waals surface area contributed by atoms with Gasteiger partial charge in [-0.1, -0.05) is 46.9 Å². The van der Waals surface area contributed by atoms with Crippen molar-refractivity contribution in [1.82, 2.24) is 9.80 Å². The molecule has 6 nitrogen and oxygen atoms in total. The number of hydrogen-bond donors (Lipinski definition) is 1. The van der Waals surface area contributed by atoms with E-state index in [0.29, 0.717) is 23.6 Å². The van der Waals surface area contributed by atoms with E-state index in [4.69, 9.17) is 39.5 Å². The molecule has 170 valence electrons. The lowest BCUT2D eigenvalue weighted by molar-refractivity contribution is -0.139. The zero-order valence-corrected chi connectivity index (χ0v) is 20.1. The number of likely N-dealkylation sites (tertiary alicyclic amines) is 1. The molecule has 1 aliphatic rings. The molecule has 0 saturated carbocycles. The summed E-state index contributed by atoms with van der Waals surface area (Å²) in [5.41, 5.74) is 0.723. The van der Waals surface area contributed by atoms with Crippen molar-refractivity contribution in [1.29, 1.82) is 0 Å². The number of aliphatic hydroxyl groups is 1. The van der Waals surface area contributed by atoms with Crippen LogP contribution in [0.4, 0.5) is 0 Å². The Morgan fingerprint density at radius 1 is 1.09 bits per heavy atom. The van der Waals surface area contributed by atoms with Gasteiger partial charge < -0.3 is 19.6 Å². The van der Waals surface area contributed by atoms with Crippen molar-refractivity contribution in [2.45, 2.75) is 12.5 Å². The molecule has 3 rings (SSSR count). The van der Waals surface area contributed by atoms with E-state index in [1.807, 2.05) is 19.0 Å². The number of aliphatic hydroxyl groups excluding tert-OH is 1. The molecule has 1 N–H and O–H groups in total. The number of Topliss-reactive ketones (excluding diaryl/α,β-unsaturated/α-hetero) is 1. The van der Waals surface area contributed by atoms with Crippen molar-refractivity contribution in [3.63, 3.8) is 0 Å². The van der Waals surface area contributed by atoms with E-state index in [-0.39, 0.29) is 26.9 Å². The van der Waals surface area contributed by atoms with Gasteiger partial charge in [-0.05, 0) is 56.9 Å². The zero-order valence-electron chi connectivity index (χ0n) is 17.9. The molecule has 1 heterocycles. The summed E-state index contributed by atoms with van der Waals surface area (Å²) in [7, 11) is 5.25. The smallest absolute Gasteiger partial charge is 0.295 e. The van der Waals surface area contributed by atoms with Crippen LogP contribution in [0, 0.1) is 0 Å². The van der Waals surface area contributed by atoms with E-state index >= 15 is 0 Å². The third-order valence-electron chi connectivity index (χ3n) is 5.20. The van der Waals surface area contributed by atoms with Crippen LogP contribution < -0.4 is 4.74 Å². The van der Waals surface area contributed by atoms with Crippen LogP contribution in [0.2, 0.25) is 15.1 Å². The van der Waals surface area contributed by atoms with Crippen LogP contribution >= 0.6 is 34.8 Å². The number of ketones is 1. The molecule has 32 heavy (non-hydrogen) atoms. The Balaban J connectivity index is 2.18. The quantitative estimate of drug-likeness (QED) is 0.330. The lowest BCUT2D eigenvalue weighted by Crippen LogP contribution is -2.32. The molecule has 9 heteroatoms. The second-order valence-corrected chi connectivity index (χ2v) is 8.95. The van der Waals surface area contributed by atoms with E-state index in [0.717, 1.165) is 6.54 Å². The topological polar surface area (TPSA) is 70.1 Å². The van der Waals surface area contributed by atoms with Crippen LogP contribution in [0.1, 0.15) is 23.6 Å². The molecule has 2 aromatic rings. The van der Waals surface area contributed by atoms with Gasteiger partial charge in [0.2, 0.25) is 0 Å². The van der Waals surface area contributed by atoms with Gasteiger partial charge in [-0.2, -0.15) is 0 Å². The second-order valence-electron chi connectivity index (χ2n) is 7.67. The van der Waals surface area contributed by atoms with Crippen molar-refractivity contribution in [3.8, 4) is 5.75 Å². The minimum Gasteiger partial charge on any atom is -0.507 e. The zero-order chi connectivity index (χ0) is 23.6. The summed E-state index contributed by atoms with van der Waals surface area (Å²) in [5.74, 6) is -1.72. The second kappa shape index (κ2) is 10.1. The van der Waals surface area contributed by atoms with Crippen LogP contribution in [0.5, 0.6) is 5.75 Å². The number of methoxy groups -OCH3 is 1. The van der Waals surface area contributed by atoms with Gasteiger partial charge in [-0.3, -0.25) is 9.59 Å². The Labute approximate surface area is 201 Å². The number of nitrogens with zero attached hydrogens (tertiary/aromatic N) is 2. The van der Waals surface area contributed by atoms with Gasteiger partial charge >= 0.3 is 0 Å². The third-order valence-corrected chi connectivity index (χ3v) is 5.95. The number of carbonyl (C=O) groups excluding carboxylic acids is 2. The standard InChI is InChI=1S/C23H23Cl3N2O4/c1-27(2)9-4-10-28-19(13-5-7-14(24)8-6-13)18(21(30)23(28)31)20(29)16-11-15(25)12-17(26)22(16)32-3/h5-8,11-12,19,29H,4,9-10H2,1-3H3/b20-18+. The molecule has 1 amide bonds. The first kappa shape index (κ1) is 24.4. The molecule has 1 fully saturated rings. The minimum atomic E-state index is -0.795. The molecule has 0 radical (unpaired) electrons. The van der Waals surface area contributed by atoms with Gasteiger partial charge in [0.25, 0.3) is 11.7 Å². The Morgan fingerprint density at radius 3 is 2.34 bits per heavy atom. The van der Waals surface area contributed by atoms with Gasteiger partial charge in [0.05, 0.1) is 29.3 Å². The SMILES string of the molecule is COc1c(Cl)cc(Cl)cc1/C(O)=C1\C(=O)C(=O)N(CCCN(C)C)C1c1ccc(Cl)cc1. The predicted molar refractivity (Wildman–Crippen MR) is 127 cm³/mol. The van der Waals surface area contributed by atoms with Crippen LogP contribution in [-0.4, -0.2) is 60.9 Å². The van der Waals surface area contributed by atoms with Crippen LogP contribution in [-0.2, 0) is 9.59 Å². The van der Waals surface area contributed by atoms with Crippen molar-refractivity contribution in [3.05, 3.63) is 68.2 Å². The molecule has 0 aliphatic carbocycles. The summed E-state index contributed by atoms with van der Waals surface area (Å²) in [4.78, 5) is 29.5. The number of amides is 1. The van der Waals surface area contributed by atoms with Gasteiger partial charge in [-0.25, -0.2) is 0 Å². The third kappa shape index (κ3) is 4.89. The van der Waals surface area contributed by atoms with Crippen LogP contribution in [0.3, 0.4) is 0 Å². The van der Waals surface area contributed by atoms with Crippen molar-refractivity contribution in [2.24, 2.45) is 0 Å². The minimum absolute atomic E-state index is 0.0567. The Bertz CT molecular complexity index is 1070. The molecule has 0 aromatic heterocycles. The van der Waals surface area contributed by atoms with Crippen LogP contribution in [0.25, 0.3) is 5.76 Å². The maximum absolute atomic E-state index is 13.1. The summed E-state index contributed by atoms with van der Waals surface area (Å²) >= 11 is 18.4. The first-order valence-electron chi connectivity index (χ1n) is 9.87. The highest BCUT2D eigenvalue weighted by Gasteiger charge is 2.46. The van der Waals surface area contributed by atoms with Crippen LogP contribution in [0.15, 0.2) is 42.0 Å². The molecule has 2 aromatic carbocycles. The molecular formula is C23H23Cl3N2O4. The number of carbonyl (C=O) groups is 2. The molecule has 1 saturated heterocycles. The molecule has 0 bridgehead atoms. The summed E-state index contributed by atoms with van der Waals surface area (Å²) in [6.07, 6.45) is 0.649. The Morgan fingerprint density at radius 2 is 1.75 bits per heavy atom. The summed E-state index contributed by atoms with van der Waals surface area (Å²) in [5, 5.41) is 12.2. The van der Waals surface area contributed by atoms with Crippen molar-refractivity contribution < 1.29 is 19.4 Å². The van der Waals surface area contributed by atoms with Crippen molar-refractivity contribution >= 4 is 52.3 Å². The number of halogens is 3. The number of rotatable bonds is 7. The normalized spacial score (nSPS) is 18.0. The van der Waals surface area contributed by atoms with E-state index in [1.165, 1.54) is 24.1 Å². The summed E-state index contributed by atoms with van der Waals surface area (Å²) in [6, 6.07) is 8.92. The molecule has 0 spiro atoms. The van der Waals surface area contributed by atoms with Crippen molar-refractivity contribution in [2.75, 3.05) is 34.3 Å². The molecule has 1 atom stereocenters. The fraction of sp³-hybridized carbons (Fsp3) is 0.304. The Hall–Kier alpha value is -2.25. The molecule has 1 unspecified atom stereocenters. The van der Waals surface area contributed by atoms with Gasteiger partial charge in [0.1, 0.15) is 11.5 Å². The Kier molecular flexibility index (Phi) is 7.72. The fourth-order valence-corrected chi connectivity index (χ4v) is 4.44. The lowest BCUT2D eigenvalue weighted by Gasteiger charge is -2.26. The largest absolute Gasteiger partial charge is 0.507 e. The van der Waals surface area contributed by atoms with Gasteiger partial charge in [0, 0.05) is 16.6 Å². The highest BCUT2D eigenvalue weighted by molar-refractivity contribution is 6.46. The number of benzene rings is 2.